The van der Waals surface area contributed by atoms with E-state index in [-0.39, 0.29) is 0 Å². The van der Waals surface area contributed by atoms with Gasteiger partial charge in [0, 0.05) is 18.5 Å². The Bertz CT molecular complexity index is 272. The van der Waals surface area contributed by atoms with Crippen molar-refractivity contribution in [2.45, 2.75) is 39.7 Å². The average Bonchev–Trinajstić information content (AvgIpc) is 2.27. The summed E-state index contributed by atoms with van der Waals surface area (Å²) in [5, 5.41) is 3.22. The monoisotopic (exact) mass is 220 g/mol. The summed E-state index contributed by atoms with van der Waals surface area (Å²) in [6, 6.07) is 0.533. The van der Waals surface area contributed by atoms with Gasteiger partial charge in [0.25, 0.3) is 0 Å². The number of nitrogens with one attached hydrogen (secondary N) is 1. The zero-order valence-corrected chi connectivity index (χ0v) is 10.9. The van der Waals surface area contributed by atoms with Gasteiger partial charge in [-0.3, -0.25) is 4.99 Å². The lowest BCUT2D eigenvalue weighted by atomic mass is 10.1. The van der Waals surface area contributed by atoms with E-state index in [9.17, 15) is 0 Å². The molecule has 0 saturated heterocycles. The van der Waals surface area contributed by atoms with E-state index in [4.69, 9.17) is 0 Å². The van der Waals surface area contributed by atoms with E-state index in [1.165, 1.54) is 5.57 Å². The van der Waals surface area contributed by atoms with Gasteiger partial charge in [0.05, 0.1) is 0 Å². The van der Waals surface area contributed by atoms with Crippen molar-refractivity contribution in [1.29, 1.82) is 0 Å². The molecule has 0 spiro atoms. The summed E-state index contributed by atoms with van der Waals surface area (Å²) in [4.78, 5) is 4.10. The molecule has 0 amide bonds. The molecule has 2 heteroatoms. The molecule has 0 heterocycles. The van der Waals surface area contributed by atoms with Crippen molar-refractivity contribution in [2.24, 2.45) is 4.99 Å². The molecule has 1 N–H and O–H groups in total. The second kappa shape index (κ2) is 10.4. The molecule has 0 saturated carbocycles. The highest BCUT2D eigenvalue weighted by Gasteiger charge is 1.96. The van der Waals surface area contributed by atoms with Crippen LogP contribution in [0.5, 0.6) is 0 Å². The van der Waals surface area contributed by atoms with Gasteiger partial charge in [-0.2, -0.15) is 0 Å². The molecule has 0 aromatic heterocycles. The quantitative estimate of drug-likeness (QED) is 0.515. The predicted octanol–water partition coefficient (Wildman–Crippen LogP) is 3.48. The van der Waals surface area contributed by atoms with E-state index in [0.717, 1.165) is 12.8 Å². The fourth-order valence-electron chi connectivity index (χ4n) is 1.19. The smallest absolute Gasteiger partial charge is 0.0267 e. The lowest BCUT2D eigenvalue weighted by molar-refractivity contribution is 0.605. The van der Waals surface area contributed by atoms with Gasteiger partial charge in [-0.05, 0) is 39.8 Å². The van der Waals surface area contributed by atoms with E-state index in [2.05, 4.69) is 37.2 Å². The van der Waals surface area contributed by atoms with Crippen LogP contribution >= 0.6 is 0 Å². The van der Waals surface area contributed by atoms with E-state index in [1.54, 1.807) is 6.21 Å². The molecular weight excluding hydrogens is 196 g/mol. The van der Waals surface area contributed by atoms with Gasteiger partial charge in [-0.25, -0.2) is 0 Å². The summed E-state index contributed by atoms with van der Waals surface area (Å²) in [6.45, 7) is 6.42. The van der Waals surface area contributed by atoms with Gasteiger partial charge in [0.1, 0.15) is 0 Å². The maximum Gasteiger partial charge on any atom is 0.0267 e. The van der Waals surface area contributed by atoms with Crippen molar-refractivity contribution in [2.75, 3.05) is 7.05 Å². The van der Waals surface area contributed by atoms with Crippen molar-refractivity contribution in [3.8, 4) is 0 Å². The number of hydrogen-bond donors (Lipinski definition) is 1. The number of rotatable bonds is 7. The zero-order chi connectivity index (χ0) is 12.2. The Labute approximate surface area is 99.9 Å². The Hall–Kier alpha value is -1.15. The van der Waals surface area contributed by atoms with Gasteiger partial charge < -0.3 is 5.32 Å². The van der Waals surface area contributed by atoms with Gasteiger partial charge in [-0.15, -0.1) is 0 Å². The summed E-state index contributed by atoms with van der Waals surface area (Å²) < 4.78 is 0. The maximum absolute atomic E-state index is 4.10. The van der Waals surface area contributed by atoms with Crippen LogP contribution in [0.2, 0.25) is 0 Å². The molecule has 0 aromatic carbocycles. The molecule has 0 aliphatic rings. The fourth-order valence-corrected chi connectivity index (χ4v) is 1.19. The molecule has 0 radical (unpaired) electrons. The molecule has 0 unspecified atom stereocenters. The van der Waals surface area contributed by atoms with Gasteiger partial charge in [0.2, 0.25) is 0 Å². The first kappa shape index (κ1) is 14.8. The number of aliphatic imine (C=N–C) groups is 1. The maximum atomic E-state index is 4.10. The van der Waals surface area contributed by atoms with Crippen molar-refractivity contribution < 1.29 is 0 Å². The van der Waals surface area contributed by atoms with Crippen LogP contribution in [-0.4, -0.2) is 19.3 Å². The molecule has 2 nitrogen and oxygen atoms in total. The van der Waals surface area contributed by atoms with Crippen LogP contribution in [0, 0.1) is 0 Å². The van der Waals surface area contributed by atoms with Crippen molar-refractivity contribution in [3.63, 3.8) is 0 Å². The first-order valence-corrected chi connectivity index (χ1v) is 5.88. The molecule has 0 aliphatic heterocycles. The minimum atomic E-state index is 0.533. The summed E-state index contributed by atoms with van der Waals surface area (Å²) in [7, 11) is 1.99. The molecule has 0 aromatic rings. The Morgan fingerprint density at radius 2 is 2.12 bits per heavy atom. The summed E-state index contributed by atoms with van der Waals surface area (Å²) >= 11 is 0. The number of nitrogens with zero attached hydrogens (tertiary/aromatic N) is 1. The van der Waals surface area contributed by atoms with Gasteiger partial charge >= 0.3 is 0 Å². The molecule has 0 fully saturated rings. The largest absolute Gasteiger partial charge is 0.317 e. The third-order valence-electron chi connectivity index (χ3n) is 2.21. The van der Waals surface area contributed by atoms with Crippen molar-refractivity contribution >= 4 is 6.21 Å². The highest BCUT2D eigenvalue weighted by atomic mass is 14.8. The molecule has 0 aliphatic carbocycles. The summed E-state index contributed by atoms with van der Waals surface area (Å²) in [5.74, 6) is 0. The zero-order valence-electron chi connectivity index (χ0n) is 10.9. The Morgan fingerprint density at radius 1 is 1.38 bits per heavy atom. The lowest BCUT2D eigenvalue weighted by Crippen LogP contribution is -2.20. The third kappa shape index (κ3) is 9.41. The lowest BCUT2D eigenvalue weighted by Gasteiger charge is -2.08. The minimum Gasteiger partial charge on any atom is -0.317 e. The van der Waals surface area contributed by atoms with Gasteiger partial charge in [-0.1, -0.05) is 30.7 Å². The number of hydrogen-bond acceptors (Lipinski definition) is 2. The SMILES string of the molecule is CCC=C\N=C/C=C\C=C(/C)C[C@@H](C)NC. The van der Waals surface area contributed by atoms with Crippen LogP contribution in [0.1, 0.15) is 33.6 Å². The molecule has 0 rings (SSSR count). The predicted molar refractivity (Wildman–Crippen MR) is 74.0 cm³/mol. The van der Waals surface area contributed by atoms with E-state index in [1.807, 2.05) is 31.5 Å². The fraction of sp³-hybridized carbons (Fsp3) is 0.500. The van der Waals surface area contributed by atoms with Crippen LogP contribution in [0.15, 0.2) is 41.1 Å². The first-order chi connectivity index (χ1) is 7.70. The van der Waals surface area contributed by atoms with Crippen LogP contribution in [0.3, 0.4) is 0 Å². The Balaban J connectivity index is 3.92. The normalized spacial score (nSPS) is 15.6. The van der Waals surface area contributed by atoms with Crippen molar-refractivity contribution in [3.05, 3.63) is 36.1 Å². The molecular formula is C14H24N2. The minimum absolute atomic E-state index is 0.533. The molecule has 0 bridgehead atoms. The highest BCUT2D eigenvalue weighted by Crippen LogP contribution is 2.03. The average molecular weight is 220 g/mol. The van der Waals surface area contributed by atoms with E-state index in [0.29, 0.717) is 6.04 Å². The molecule has 16 heavy (non-hydrogen) atoms. The van der Waals surface area contributed by atoms with Crippen molar-refractivity contribution in [1.82, 2.24) is 5.32 Å². The van der Waals surface area contributed by atoms with Crippen LogP contribution in [0.25, 0.3) is 0 Å². The Morgan fingerprint density at radius 3 is 2.75 bits per heavy atom. The van der Waals surface area contributed by atoms with Crippen LogP contribution < -0.4 is 5.32 Å². The third-order valence-corrected chi connectivity index (χ3v) is 2.21. The second-order valence-corrected chi connectivity index (χ2v) is 3.88. The van der Waals surface area contributed by atoms with Crippen LogP contribution in [0.4, 0.5) is 0 Å². The topological polar surface area (TPSA) is 24.4 Å². The van der Waals surface area contributed by atoms with Gasteiger partial charge in [0.15, 0.2) is 0 Å². The summed E-state index contributed by atoms with van der Waals surface area (Å²) in [5.41, 5.74) is 1.37. The molecule has 1 atom stereocenters. The number of allylic oxidation sites excluding steroid dienone is 4. The highest BCUT2D eigenvalue weighted by molar-refractivity contribution is 5.72. The molecule has 90 valence electrons. The Kier molecular flexibility index (Phi) is 9.63. The first-order valence-electron chi connectivity index (χ1n) is 5.88. The van der Waals surface area contributed by atoms with E-state index < -0.39 is 0 Å². The standard InChI is InChI=1S/C14H24N2/c1-5-6-10-16-11-8-7-9-13(2)12-14(3)15-4/h6-11,14-15H,5,12H2,1-4H3/b8-7-,10-6?,13-9+,16-11-/t14-/m1/s1. The van der Waals surface area contributed by atoms with Crippen LogP contribution in [-0.2, 0) is 0 Å². The van der Waals surface area contributed by atoms with E-state index >= 15 is 0 Å². The second-order valence-electron chi connectivity index (χ2n) is 3.88. The summed E-state index contributed by atoms with van der Waals surface area (Å²) in [6.07, 6.45) is 13.9.